The van der Waals surface area contributed by atoms with Crippen molar-refractivity contribution in [1.29, 1.82) is 0 Å². The summed E-state index contributed by atoms with van der Waals surface area (Å²) in [5.41, 5.74) is 1.10. The van der Waals surface area contributed by atoms with E-state index in [2.05, 4.69) is 0 Å². The van der Waals surface area contributed by atoms with Gasteiger partial charge in [0.25, 0.3) is 5.91 Å². The largest absolute Gasteiger partial charge is 0.331 e. The molecule has 0 saturated carbocycles. The minimum absolute atomic E-state index is 0.0159. The number of benzene rings is 1. The molecule has 0 fully saturated rings. The molecular formula is C13H13Cl2NO. The number of amides is 1. The summed E-state index contributed by atoms with van der Waals surface area (Å²) in [5.74, 6) is -0.181. The van der Waals surface area contributed by atoms with E-state index in [0.29, 0.717) is 18.0 Å². The second kappa shape index (κ2) is 5.11. The first-order valence-corrected chi connectivity index (χ1v) is 6.27. The normalized spacial score (nSPS) is 18.5. The number of carbonyl (C=O) groups excluding carboxylic acids is 1. The zero-order valence-electron chi connectivity index (χ0n) is 9.49. The maximum Gasteiger partial charge on any atom is 0.267 e. The lowest BCUT2D eigenvalue weighted by Gasteiger charge is -2.32. The van der Waals surface area contributed by atoms with Crippen LogP contribution >= 0.6 is 23.2 Å². The highest BCUT2D eigenvalue weighted by molar-refractivity contribution is 6.48. The van der Waals surface area contributed by atoms with Crippen LogP contribution < -0.4 is 0 Å². The highest BCUT2D eigenvalue weighted by Crippen LogP contribution is 2.30. The number of nitrogens with zero attached hydrogens (tertiary/aromatic N) is 1. The van der Waals surface area contributed by atoms with Crippen LogP contribution in [0.5, 0.6) is 0 Å². The van der Waals surface area contributed by atoms with Crippen LogP contribution in [-0.4, -0.2) is 17.4 Å². The average molecular weight is 270 g/mol. The molecule has 1 aromatic rings. The van der Waals surface area contributed by atoms with Crippen molar-refractivity contribution in [1.82, 2.24) is 4.90 Å². The zero-order chi connectivity index (χ0) is 12.4. The fourth-order valence-electron chi connectivity index (χ4n) is 1.95. The van der Waals surface area contributed by atoms with Gasteiger partial charge in [0, 0.05) is 18.0 Å². The third kappa shape index (κ3) is 2.48. The molecule has 1 atom stereocenters. The van der Waals surface area contributed by atoms with Gasteiger partial charge in [0.05, 0.1) is 6.04 Å². The minimum atomic E-state index is -0.181. The molecule has 2 nitrogen and oxygen atoms in total. The van der Waals surface area contributed by atoms with Crippen LogP contribution in [0, 0.1) is 0 Å². The van der Waals surface area contributed by atoms with Crippen molar-refractivity contribution >= 4 is 29.1 Å². The SMILES string of the molecule is CC(c1ccccc1)N1CCC(Cl)=C(Cl)C1=O. The molecule has 1 aromatic carbocycles. The van der Waals surface area contributed by atoms with Gasteiger partial charge in [-0.25, -0.2) is 0 Å². The van der Waals surface area contributed by atoms with Crippen molar-refractivity contribution in [3.63, 3.8) is 0 Å². The highest BCUT2D eigenvalue weighted by Gasteiger charge is 2.28. The third-order valence-corrected chi connectivity index (χ3v) is 3.87. The van der Waals surface area contributed by atoms with Crippen LogP contribution in [0.25, 0.3) is 0 Å². The standard InChI is InChI=1S/C13H13Cl2NO/c1-9(10-5-3-2-4-6-10)16-8-7-11(14)12(15)13(16)17/h2-6,9H,7-8H2,1H3. The van der Waals surface area contributed by atoms with E-state index in [-0.39, 0.29) is 17.0 Å². The summed E-state index contributed by atoms with van der Waals surface area (Å²) in [7, 11) is 0. The molecule has 0 aliphatic carbocycles. The quantitative estimate of drug-likeness (QED) is 0.803. The smallest absolute Gasteiger partial charge is 0.267 e. The number of halogens is 2. The summed E-state index contributed by atoms with van der Waals surface area (Å²) in [6.07, 6.45) is 0.628. The molecule has 0 spiro atoms. The first-order chi connectivity index (χ1) is 8.11. The van der Waals surface area contributed by atoms with Crippen LogP contribution in [0.3, 0.4) is 0 Å². The molecule has 0 N–H and O–H groups in total. The second-order valence-electron chi connectivity index (χ2n) is 4.05. The zero-order valence-corrected chi connectivity index (χ0v) is 11.0. The Bertz CT molecular complexity index is 456. The van der Waals surface area contributed by atoms with Gasteiger partial charge in [0.1, 0.15) is 5.03 Å². The van der Waals surface area contributed by atoms with E-state index in [0.717, 1.165) is 5.56 Å². The summed E-state index contributed by atoms with van der Waals surface area (Å²) in [4.78, 5) is 13.8. The Balaban J connectivity index is 2.23. The Kier molecular flexibility index (Phi) is 3.75. The molecule has 17 heavy (non-hydrogen) atoms. The van der Waals surface area contributed by atoms with E-state index < -0.39 is 0 Å². The molecule has 1 unspecified atom stereocenters. The van der Waals surface area contributed by atoms with Gasteiger partial charge in [0.2, 0.25) is 0 Å². The van der Waals surface area contributed by atoms with Crippen molar-refractivity contribution in [2.24, 2.45) is 0 Å². The van der Waals surface area contributed by atoms with E-state index in [4.69, 9.17) is 23.2 Å². The van der Waals surface area contributed by atoms with E-state index >= 15 is 0 Å². The van der Waals surface area contributed by atoms with Crippen molar-refractivity contribution in [2.45, 2.75) is 19.4 Å². The van der Waals surface area contributed by atoms with Gasteiger partial charge in [-0.1, -0.05) is 53.5 Å². The Labute approximate surface area is 111 Å². The van der Waals surface area contributed by atoms with Gasteiger partial charge in [-0.15, -0.1) is 0 Å². The second-order valence-corrected chi connectivity index (χ2v) is 4.89. The van der Waals surface area contributed by atoms with Crippen LogP contribution in [0.15, 0.2) is 40.4 Å². The Hall–Kier alpha value is -0.990. The molecule has 0 bridgehead atoms. The summed E-state index contributed by atoms with van der Waals surface area (Å²) >= 11 is 11.8. The molecule has 2 rings (SSSR count). The Morgan fingerprint density at radius 2 is 1.88 bits per heavy atom. The molecule has 0 radical (unpaired) electrons. The number of hydrogen-bond acceptors (Lipinski definition) is 1. The molecule has 1 amide bonds. The van der Waals surface area contributed by atoms with Gasteiger partial charge in [-0.05, 0) is 12.5 Å². The van der Waals surface area contributed by atoms with Crippen LogP contribution in [0.1, 0.15) is 24.9 Å². The molecule has 90 valence electrons. The molecule has 0 aromatic heterocycles. The first kappa shape index (κ1) is 12.5. The number of rotatable bonds is 2. The van der Waals surface area contributed by atoms with Crippen molar-refractivity contribution in [2.75, 3.05) is 6.54 Å². The van der Waals surface area contributed by atoms with E-state index in [1.165, 1.54) is 0 Å². The topological polar surface area (TPSA) is 20.3 Å². The van der Waals surface area contributed by atoms with Gasteiger partial charge < -0.3 is 4.90 Å². The lowest BCUT2D eigenvalue weighted by Crippen LogP contribution is -2.37. The monoisotopic (exact) mass is 269 g/mol. The van der Waals surface area contributed by atoms with Crippen LogP contribution in [0.4, 0.5) is 0 Å². The Morgan fingerprint density at radius 1 is 1.24 bits per heavy atom. The molecule has 1 aliphatic heterocycles. The van der Waals surface area contributed by atoms with Crippen LogP contribution in [0.2, 0.25) is 0 Å². The molecule has 0 saturated heterocycles. The van der Waals surface area contributed by atoms with Crippen molar-refractivity contribution in [3.05, 3.63) is 46.0 Å². The summed E-state index contributed by atoms with van der Waals surface area (Å²) < 4.78 is 0. The molecule has 1 heterocycles. The van der Waals surface area contributed by atoms with Crippen molar-refractivity contribution in [3.8, 4) is 0 Å². The van der Waals surface area contributed by atoms with Gasteiger partial charge in [-0.3, -0.25) is 4.79 Å². The Morgan fingerprint density at radius 3 is 2.53 bits per heavy atom. The summed E-state index contributed by atoms with van der Waals surface area (Å²) in [6, 6.07) is 9.91. The molecule has 4 heteroatoms. The number of carbonyl (C=O) groups is 1. The third-order valence-electron chi connectivity index (χ3n) is 3.01. The first-order valence-electron chi connectivity index (χ1n) is 5.51. The van der Waals surface area contributed by atoms with E-state index in [1.54, 1.807) is 4.90 Å². The molecular weight excluding hydrogens is 257 g/mol. The highest BCUT2D eigenvalue weighted by atomic mass is 35.5. The summed E-state index contributed by atoms with van der Waals surface area (Å²) in [5, 5.41) is 0.619. The fraction of sp³-hybridized carbons (Fsp3) is 0.308. The lowest BCUT2D eigenvalue weighted by molar-refractivity contribution is -0.129. The van der Waals surface area contributed by atoms with E-state index in [1.807, 2.05) is 37.3 Å². The average Bonchev–Trinajstić information content (AvgIpc) is 2.36. The van der Waals surface area contributed by atoms with Gasteiger partial charge >= 0.3 is 0 Å². The predicted octanol–water partition coefficient (Wildman–Crippen LogP) is 3.67. The number of hydrogen-bond donors (Lipinski definition) is 0. The maximum absolute atomic E-state index is 12.0. The van der Waals surface area contributed by atoms with Crippen molar-refractivity contribution < 1.29 is 4.79 Å². The van der Waals surface area contributed by atoms with Gasteiger partial charge in [0.15, 0.2) is 0 Å². The summed E-state index contributed by atoms with van der Waals surface area (Å²) in [6.45, 7) is 2.61. The molecule has 1 aliphatic rings. The maximum atomic E-state index is 12.0. The van der Waals surface area contributed by atoms with Crippen LogP contribution in [-0.2, 0) is 4.79 Å². The lowest BCUT2D eigenvalue weighted by atomic mass is 10.1. The fourth-order valence-corrected chi connectivity index (χ4v) is 2.32. The predicted molar refractivity (Wildman–Crippen MR) is 69.9 cm³/mol. The van der Waals surface area contributed by atoms with E-state index in [9.17, 15) is 4.79 Å². The minimum Gasteiger partial charge on any atom is -0.331 e. The van der Waals surface area contributed by atoms with Gasteiger partial charge in [-0.2, -0.15) is 0 Å².